The van der Waals surface area contributed by atoms with Crippen LogP contribution in [0.4, 0.5) is 24.7 Å². The predicted molar refractivity (Wildman–Crippen MR) is 120 cm³/mol. The summed E-state index contributed by atoms with van der Waals surface area (Å²) in [6, 6.07) is 12.7. The van der Waals surface area contributed by atoms with Gasteiger partial charge in [-0.15, -0.1) is 0 Å². The van der Waals surface area contributed by atoms with Crippen LogP contribution >= 0.6 is 23.2 Å². The van der Waals surface area contributed by atoms with Crippen molar-refractivity contribution < 1.29 is 18.0 Å². The van der Waals surface area contributed by atoms with Crippen molar-refractivity contribution in [3.63, 3.8) is 0 Å². The van der Waals surface area contributed by atoms with Crippen molar-refractivity contribution in [1.82, 2.24) is 9.78 Å². The molecule has 1 aromatic heterocycles. The molecule has 6 nitrogen and oxygen atoms in total. The third-order valence-corrected chi connectivity index (χ3v) is 4.84. The largest absolute Gasteiger partial charge is 0.435 e. The van der Waals surface area contributed by atoms with Crippen molar-refractivity contribution >= 4 is 46.6 Å². The normalized spacial score (nSPS) is 12.0. The molecule has 0 spiro atoms. The number of nitrogens with zero attached hydrogens (tertiary/aromatic N) is 3. The van der Waals surface area contributed by atoms with Crippen molar-refractivity contribution in [3.05, 3.63) is 75.4 Å². The van der Waals surface area contributed by atoms with Crippen LogP contribution in [0.5, 0.6) is 0 Å². The second kappa shape index (κ2) is 9.62. The number of hydrogen-bond donors (Lipinski definition) is 2. The fraction of sp³-hybridized carbons (Fsp3) is 0.190. The van der Waals surface area contributed by atoms with Gasteiger partial charge in [0.2, 0.25) is 5.96 Å². The van der Waals surface area contributed by atoms with Crippen LogP contribution in [0.1, 0.15) is 28.5 Å². The lowest BCUT2D eigenvalue weighted by atomic mass is 10.2. The minimum atomic E-state index is -4.63. The monoisotopic (exact) mass is 483 g/mol. The Bertz CT molecular complexity index is 1170. The lowest BCUT2D eigenvalue weighted by Gasteiger charge is -2.14. The van der Waals surface area contributed by atoms with Crippen LogP contribution in [0.2, 0.25) is 10.0 Å². The lowest BCUT2D eigenvalue weighted by molar-refractivity contribution is -0.141. The molecular formula is C21H18Cl2F3N5O. The summed E-state index contributed by atoms with van der Waals surface area (Å²) in [5, 5.41) is 10.1. The number of benzene rings is 2. The number of alkyl halides is 3. The van der Waals surface area contributed by atoms with Gasteiger partial charge in [-0.25, -0.2) is 4.68 Å². The zero-order valence-corrected chi connectivity index (χ0v) is 18.5. The molecule has 3 rings (SSSR count). The first-order chi connectivity index (χ1) is 15.1. The van der Waals surface area contributed by atoms with Crippen molar-refractivity contribution in [2.45, 2.75) is 26.6 Å². The van der Waals surface area contributed by atoms with E-state index in [1.807, 2.05) is 0 Å². The van der Waals surface area contributed by atoms with E-state index in [2.05, 4.69) is 20.7 Å². The topological polar surface area (TPSA) is 71.3 Å². The molecule has 0 atom stereocenters. The molecule has 0 unspecified atom stereocenters. The van der Waals surface area contributed by atoms with Crippen LogP contribution in [0, 0.1) is 6.92 Å². The van der Waals surface area contributed by atoms with Crippen LogP contribution < -0.4 is 10.6 Å². The van der Waals surface area contributed by atoms with E-state index in [1.165, 1.54) is 19.1 Å². The number of carbonyl (C=O) groups is 1. The fourth-order valence-electron chi connectivity index (χ4n) is 2.90. The fourth-order valence-corrected chi connectivity index (χ4v) is 3.28. The van der Waals surface area contributed by atoms with Crippen molar-refractivity contribution in [2.24, 2.45) is 4.99 Å². The summed E-state index contributed by atoms with van der Waals surface area (Å²) in [6.45, 7) is 3.10. The highest BCUT2D eigenvalue weighted by atomic mass is 35.5. The van der Waals surface area contributed by atoms with Gasteiger partial charge in [0, 0.05) is 33.4 Å². The quantitative estimate of drug-likeness (QED) is 0.339. The van der Waals surface area contributed by atoms with Crippen molar-refractivity contribution in [1.29, 1.82) is 0 Å². The number of aromatic nitrogens is 2. The minimum Gasteiger partial charge on any atom is -0.326 e. The molecule has 0 bridgehead atoms. The molecule has 0 saturated heterocycles. The lowest BCUT2D eigenvalue weighted by Crippen LogP contribution is -2.25. The summed E-state index contributed by atoms with van der Waals surface area (Å²) in [5.74, 6) is -0.712. The van der Waals surface area contributed by atoms with Gasteiger partial charge in [0.1, 0.15) is 5.82 Å². The summed E-state index contributed by atoms with van der Waals surface area (Å²) < 4.78 is 41.2. The SMILES string of the molecule is CCn1nc(C(F)(F)F)c(C)c1N/C(=N\C(=O)c1cccc(Cl)c1)Nc1cccc(Cl)c1. The zero-order valence-electron chi connectivity index (χ0n) is 17.0. The molecule has 0 saturated carbocycles. The molecule has 32 heavy (non-hydrogen) atoms. The van der Waals surface area contributed by atoms with E-state index in [1.54, 1.807) is 43.3 Å². The zero-order chi connectivity index (χ0) is 23.5. The van der Waals surface area contributed by atoms with E-state index in [9.17, 15) is 18.0 Å². The van der Waals surface area contributed by atoms with Crippen LogP contribution in [0.25, 0.3) is 0 Å². The van der Waals surface area contributed by atoms with Crippen LogP contribution in [-0.2, 0) is 12.7 Å². The summed E-state index contributed by atoms with van der Waals surface area (Å²) in [5.41, 5.74) is -0.472. The van der Waals surface area contributed by atoms with Gasteiger partial charge < -0.3 is 10.6 Å². The first-order valence-corrected chi connectivity index (χ1v) is 10.2. The Morgan fingerprint density at radius 1 is 1.09 bits per heavy atom. The minimum absolute atomic E-state index is 0.0481. The Balaban J connectivity index is 2.03. The maximum Gasteiger partial charge on any atom is 0.435 e. The number of amides is 1. The number of aryl methyl sites for hydroxylation is 1. The number of guanidine groups is 1. The molecular weight excluding hydrogens is 466 g/mol. The Morgan fingerprint density at radius 3 is 2.34 bits per heavy atom. The maximum absolute atomic E-state index is 13.3. The summed E-state index contributed by atoms with van der Waals surface area (Å²) in [6.07, 6.45) is -4.63. The Morgan fingerprint density at radius 2 is 1.75 bits per heavy atom. The second-order valence-corrected chi connectivity index (χ2v) is 7.54. The van der Waals surface area contributed by atoms with E-state index in [0.29, 0.717) is 15.7 Å². The van der Waals surface area contributed by atoms with Crippen LogP contribution in [-0.4, -0.2) is 21.6 Å². The highest BCUT2D eigenvalue weighted by Gasteiger charge is 2.38. The molecule has 0 aliphatic rings. The Kier molecular flexibility index (Phi) is 7.10. The van der Waals surface area contributed by atoms with Crippen molar-refractivity contribution in [3.8, 4) is 0 Å². The molecule has 168 valence electrons. The van der Waals surface area contributed by atoms with Gasteiger partial charge in [-0.2, -0.15) is 23.3 Å². The number of nitrogens with one attached hydrogen (secondary N) is 2. The van der Waals surface area contributed by atoms with Gasteiger partial charge in [-0.1, -0.05) is 35.3 Å². The number of rotatable bonds is 4. The molecule has 0 radical (unpaired) electrons. The molecule has 1 amide bonds. The van der Waals surface area contributed by atoms with Gasteiger partial charge in [-0.3, -0.25) is 4.79 Å². The second-order valence-electron chi connectivity index (χ2n) is 6.67. The highest BCUT2D eigenvalue weighted by Crippen LogP contribution is 2.34. The smallest absolute Gasteiger partial charge is 0.326 e. The first kappa shape index (κ1) is 23.6. The van der Waals surface area contributed by atoms with Crippen molar-refractivity contribution in [2.75, 3.05) is 10.6 Å². The predicted octanol–water partition coefficient (Wildman–Crippen LogP) is 6.26. The highest BCUT2D eigenvalue weighted by molar-refractivity contribution is 6.31. The number of anilines is 2. The first-order valence-electron chi connectivity index (χ1n) is 9.41. The van der Waals surface area contributed by atoms with Crippen LogP contribution in [0.15, 0.2) is 53.5 Å². The number of aliphatic imine (C=N–C) groups is 1. The number of hydrogen-bond acceptors (Lipinski definition) is 2. The molecule has 1 heterocycles. The molecule has 3 aromatic rings. The summed E-state index contributed by atoms with van der Waals surface area (Å²) in [7, 11) is 0. The third-order valence-electron chi connectivity index (χ3n) is 4.37. The van der Waals surface area contributed by atoms with E-state index in [-0.39, 0.29) is 29.4 Å². The molecule has 2 N–H and O–H groups in total. The van der Waals surface area contributed by atoms with E-state index in [0.717, 1.165) is 4.68 Å². The van der Waals surface area contributed by atoms with Gasteiger partial charge in [0.05, 0.1) is 0 Å². The third kappa shape index (κ3) is 5.60. The summed E-state index contributed by atoms with van der Waals surface area (Å²) in [4.78, 5) is 16.7. The molecule has 11 heteroatoms. The average Bonchev–Trinajstić information content (AvgIpc) is 3.04. The van der Waals surface area contributed by atoms with E-state index < -0.39 is 17.8 Å². The van der Waals surface area contributed by atoms with Crippen LogP contribution in [0.3, 0.4) is 0 Å². The Hall–Kier alpha value is -3.04. The average molecular weight is 484 g/mol. The van der Waals surface area contributed by atoms with E-state index >= 15 is 0 Å². The van der Waals surface area contributed by atoms with Gasteiger partial charge in [-0.05, 0) is 50.2 Å². The van der Waals surface area contributed by atoms with Gasteiger partial charge in [0.25, 0.3) is 5.91 Å². The van der Waals surface area contributed by atoms with Gasteiger partial charge >= 0.3 is 6.18 Å². The molecule has 0 aliphatic carbocycles. The molecule has 2 aromatic carbocycles. The summed E-state index contributed by atoms with van der Waals surface area (Å²) >= 11 is 12.0. The maximum atomic E-state index is 13.3. The van der Waals surface area contributed by atoms with E-state index in [4.69, 9.17) is 23.2 Å². The number of carbonyl (C=O) groups excluding carboxylic acids is 1. The molecule has 0 aliphatic heterocycles. The van der Waals surface area contributed by atoms with Gasteiger partial charge in [0.15, 0.2) is 5.69 Å². The Labute approximate surface area is 192 Å². The standard InChI is InChI=1S/C21H18Cl2F3N5O/c1-3-31-18(12(2)17(30-31)21(24,25)26)28-20(27-16-9-5-8-15(23)11-16)29-19(32)13-6-4-7-14(22)10-13/h4-11H,3H2,1-2H3,(H2,27,28,29,32). The molecule has 0 fully saturated rings. The number of halogens is 5.